The van der Waals surface area contributed by atoms with E-state index in [1.54, 1.807) is 0 Å². The Kier molecular flexibility index (Phi) is 8.31. The van der Waals surface area contributed by atoms with Crippen LogP contribution in [0.25, 0.3) is 6.08 Å². The van der Waals surface area contributed by atoms with E-state index >= 15 is 0 Å². The second-order valence-electron chi connectivity index (χ2n) is 9.43. The number of nitrogens with zero attached hydrogens (tertiary/aromatic N) is 2. The third-order valence-electron chi connectivity index (χ3n) is 6.58. The minimum atomic E-state index is 0. The van der Waals surface area contributed by atoms with Crippen LogP contribution in [-0.4, -0.2) is 11.4 Å². The van der Waals surface area contributed by atoms with Gasteiger partial charge < -0.3 is 9.80 Å². The Morgan fingerprint density at radius 2 is 1.55 bits per heavy atom. The average Bonchev–Trinajstić information content (AvgIpc) is 3.36. The largest absolute Gasteiger partial charge is 1.00 e. The summed E-state index contributed by atoms with van der Waals surface area (Å²) in [5.41, 5.74) is 9.97. The molecule has 1 atom stereocenters. The van der Waals surface area contributed by atoms with Gasteiger partial charge in [-0.3, -0.25) is 0 Å². The van der Waals surface area contributed by atoms with Crippen molar-refractivity contribution >= 4 is 11.8 Å². The summed E-state index contributed by atoms with van der Waals surface area (Å²) in [6.45, 7) is 16.9. The Labute approximate surface area is 231 Å². The molecule has 2 aromatic rings. The van der Waals surface area contributed by atoms with Crippen LogP contribution in [0.1, 0.15) is 85.3 Å². The summed E-state index contributed by atoms with van der Waals surface area (Å²) in [6.07, 6.45) is 10.3. The van der Waals surface area contributed by atoms with Crippen molar-refractivity contribution in [3.8, 4) is 0 Å². The number of aryl methyl sites for hydroxylation is 2. The summed E-state index contributed by atoms with van der Waals surface area (Å²) < 4.78 is 0. The summed E-state index contributed by atoms with van der Waals surface area (Å²) >= 11 is 0. The molecule has 0 N–H and O–H groups in total. The number of hydrogen-bond donors (Lipinski definition) is 0. The molecule has 2 nitrogen and oxygen atoms in total. The molecule has 1 aliphatic heterocycles. The zero-order valence-electron chi connectivity index (χ0n) is 20.3. The molecule has 0 radical (unpaired) electrons. The summed E-state index contributed by atoms with van der Waals surface area (Å²) in [7, 11) is 0. The predicted molar refractivity (Wildman–Crippen MR) is 130 cm³/mol. The maximum atomic E-state index is 2.40. The monoisotopic (exact) mass is 438 g/mol. The van der Waals surface area contributed by atoms with E-state index in [1.165, 1.54) is 39.1 Å². The molecule has 2 aliphatic rings. The van der Waals surface area contributed by atoms with Gasteiger partial charge in [0.2, 0.25) is 0 Å². The number of benzene rings is 2. The standard InChI is InChI=1S/C28H35N2.K/c1-19(2)24-8-7-9-25(20(3)4)28(24)30-17-16-29(18-30)15-14-23-12-13-26-21(5)10-11-22(6)27(23)26;/h7-13,16-20,23H,14-15H2,1-6H3;/q-1;+1. The van der Waals surface area contributed by atoms with Crippen LogP contribution >= 0.6 is 0 Å². The average molecular weight is 439 g/mol. The molecule has 0 saturated carbocycles. The fourth-order valence-corrected chi connectivity index (χ4v) is 4.87. The number of hydrogen-bond acceptors (Lipinski definition) is 2. The Bertz CT molecular complexity index is 960. The van der Waals surface area contributed by atoms with E-state index < -0.39 is 0 Å². The molecular formula is C28H35KN2. The maximum Gasteiger partial charge on any atom is 1.00 e. The van der Waals surface area contributed by atoms with Crippen LogP contribution in [0, 0.1) is 20.5 Å². The van der Waals surface area contributed by atoms with Gasteiger partial charge in [0.05, 0.1) is 0 Å². The Morgan fingerprint density at radius 1 is 0.903 bits per heavy atom. The third-order valence-corrected chi connectivity index (χ3v) is 6.58. The van der Waals surface area contributed by atoms with Crippen molar-refractivity contribution in [3.05, 3.63) is 88.9 Å². The molecule has 1 aliphatic carbocycles. The van der Waals surface area contributed by atoms with Crippen molar-refractivity contribution in [2.24, 2.45) is 0 Å². The molecule has 1 unspecified atom stereocenters. The molecule has 1 heterocycles. The van der Waals surface area contributed by atoms with Crippen molar-refractivity contribution in [2.75, 3.05) is 11.4 Å². The molecule has 0 amide bonds. The first-order chi connectivity index (χ1) is 14.4. The van der Waals surface area contributed by atoms with Gasteiger partial charge in [-0.15, -0.1) is 0 Å². The van der Waals surface area contributed by atoms with Crippen LogP contribution in [0.2, 0.25) is 0 Å². The van der Waals surface area contributed by atoms with Gasteiger partial charge in [-0.05, 0) is 84.4 Å². The SMILES string of the molecule is Cc1ccc(C)c2c1C=CC2CCN1C=CN(c2c(C(C)C)cccc2C(C)C)[CH-]1.[K+]. The Morgan fingerprint density at radius 3 is 2.19 bits per heavy atom. The zero-order chi connectivity index (χ0) is 21.4. The maximum absolute atomic E-state index is 2.40. The fraction of sp³-hybridized carbons (Fsp3) is 0.393. The number of allylic oxidation sites excluding steroid dienone is 1. The van der Waals surface area contributed by atoms with Gasteiger partial charge >= 0.3 is 51.4 Å². The van der Waals surface area contributed by atoms with Gasteiger partial charge in [-0.2, -0.15) is 6.67 Å². The molecule has 0 bridgehead atoms. The van der Waals surface area contributed by atoms with E-state index in [4.69, 9.17) is 0 Å². The number of para-hydroxylation sites is 1. The number of anilines is 1. The van der Waals surface area contributed by atoms with Gasteiger partial charge in [-0.25, -0.2) is 0 Å². The minimum absolute atomic E-state index is 0. The van der Waals surface area contributed by atoms with E-state index in [-0.39, 0.29) is 51.4 Å². The summed E-state index contributed by atoms with van der Waals surface area (Å²) in [5.74, 6) is 1.52. The number of rotatable bonds is 6. The van der Waals surface area contributed by atoms with E-state index in [2.05, 4.69) is 113 Å². The van der Waals surface area contributed by atoms with Crippen LogP contribution < -0.4 is 56.3 Å². The van der Waals surface area contributed by atoms with E-state index in [0.29, 0.717) is 17.8 Å². The first-order valence-corrected chi connectivity index (χ1v) is 11.3. The molecule has 31 heavy (non-hydrogen) atoms. The Hall–Kier alpha value is -0.844. The Balaban J connectivity index is 0.00000272. The smallest absolute Gasteiger partial charge is 0.508 e. The molecule has 4 rings (SSSR count). The van der Waals surface area contributed by atoms with Crippen molar-refractivity contribution in [1.82, 2.24) is 4.90 Å². The molecule has 0 aromatic heterocycles. The van der Waals surface area contributed by atoms with Crippen LogP contribution in [0.5, 0.6) is 0 Å². The first kappa shape index (κ1) is 24.8. The molecule has 0 fully saturated rings. The second kappa shape index (κ2) is 10.4. The van der Waals surface area contributed by atoms with Gasteiger partial charge in [-0.1, -0.05) is 70.2 Å². The molecule has 3 heteroatoms. The topological polar surface area (TPSA) is 6.48 Å². The summed E-state index contributed by atoms with van der Waals surface area (Å²) in [6, 6.07) is 11.3. The first-order valence-electron chi connectivity index (χ1n) is 11.3. The van der Waals surface area contributed by atoms with Gasteiger partial charge in [0, 0.05) is 11.6 Å². The van der Waals surface area contributed by atoms with E-state index in [0.717, 1.165) is 13.0 Å². The molecule has 0 saturated heterocycles. The quantitative estimate of drug-likeness (QED) is 0.485. The normalized spacial score (nSPS) is 17.1. The van der Waals surface area contributed by atoms with Crippen molar-refractivity contribution < 1.29 is 51.4 Å². The second-order valence-corrected chi connectivity index (χ2v) is 9.43. The molecule has 2 aromatic carbocycles. The summed E-state index contributed by atoms with van der Waals surface area (Å²) in [4.78, 5) is 4.68. The van der Waals surface area contributed by atoms with Crippen molar-refractivity contribution in [3.63, 3.8) is 0 Å². The van der Waals surface area contributed by atoms with Crippen LogP contribution in [0.3, 0.4) is 0 Å². The fourth-order valence-electron chi connectivity index (χ4n) is 4.87. The van der Waals surface area contributed by atoms with Gasteiger partial charge in [0.1, 0.15) is 0 Å². The molecule has 0 spiro atoms. The van der Waals surface area contributed by atoms with Crippen molar-refractivity contribution in [1.29, 1.82) is 0 Å². The number of fused-ring (bicyclic) bond motifs is 1. The molecular weight excluding hydrogens is 403 g/mol. The summed E-state index contributed by atoms with van der Waals surface area (Å²) in [5, 5.41) is 0. The third kappa shape index (κ3) is 5.06. The van der Waals surface area contributed by atoms with Gasteiger partial charge in [0.15, 0.2) is 0 Å². The zero-order valence-corrected chi connectivity index (χ0v) is 23.4. The van der Waals surface area contributed by atoms with Crippen molar-refractivity contribution in [2.45, 2.75) is 65.7 Å². The van der Waals surface area contributed by atoms with E-state index in [9.17, 15) is 0 Å². The minimum Gasteiger partial charge on any atom is -0.508 e. The predicted octanol–water partition coefficient (Wildman–Crippen LogP) is 4.47. The molecule has 158 valence electrons. The van der Waals surface area contributed by atoms with Crippen LogP contribution in [-0.2, 0) is 0 Å². The van der Waals surface area contributed by atoms with E-state index in [1.807, 2.05) is 0 Å². The van der Waals surface area contributed by atoms with Crippen LogP contribution in [0.4, 0.5) is 5.69 Å². The van der Waals surface area contributed by atoms with Crippen LogP contribution in [0.15, 0.2) is 48.8 Å². The van der Waals surface area contributed by atoms with Gasteiger partial charge in [0.25, 0.3) is 0 Å².